The molecule has 2 atom stereocenters. The maximum atomic E-state index is 13.6. The third-order valence-corrected chi connectivity index (χ3v) is 7.70. The molecule has 0 spiro atoms. The lowest BCUT2D eigenvalue weighted by molar-refractivity contribution is -0.148. The van der Waals surface area contributed by atoms with E-state index in [0.717, 1.165) is 33.6 Å². The topological polar surface area (TPSA) is 160 Å². The van der Waals surface area contributed by atoms with Crippen LogP contribution in [-0.4, -0.2) is 82.7 Å². The number of carbonyl (C=O) groups excluding carboxylic acids is 3. The first-order valence-electron chi connectivity index (χ1n) is 12.9. The number of hydrogen-bond acceptors (Lipinski definition) is 9. The van der Waals surface area contributed by atoms with Crippen LogP contribution in [0, 0.1) is 6.92 Å². The number of hydrogen-bond donors (Lipinski definition) is 3. The van der Waals surface area contributed by atoms with E-state index in [1.165, 1.54) is 18.3 Å². The standard InChI is InChI=1S/C26H37N5O7S/c1-18-8-10-20(11-9-18)39(36,37)30-16-19(28-17-30)15-22(29-25(35)38-26(2,3)4)24(34)31(13-14-32)23(33)21-7-5-6-12-27-21/h8-11,16-17,21-22,27,32H,5-7,12-15H2,1-4H3,(H,29,35)/t21?,22-/m0/s1. The number of piperidine rings is 1. The summed E-state index contributed by atoms with van der Waals surface area (Å²) in [5, 5.41) is 15.2. The van der Waals surface area contributed by atoms with Gasteiger partial charge in [-0.05, 0) is 59.2 Å². The van der Waals surface area contributed by atoms with E-state index in [0.29, 0.717) is 13.0 Å². The number of imide groups is 1. The van der Waals surface area contributed by atoms with Crippen LogP contribution >= 0.6 is 0 Å². The number of nitrogens with one attached hydrogen (secondary N) is 2. The highest BCUT2D eigenvalue weighted by Crippen LogP contribution is 2.17. The predicted octanol–water partition coefficient (Wildman–Crippen LogP) is 1.35. The number of alkyl carbamates (subject to hydrolysis) is 1. The van der Waals surface area contributed by atoms with Gasteiger partial charge in [0.1, 0.15) is 18.0 Å². The molecule has 214 valence electrons. The van der Waals surface area contributed by atoms with Crippen molar-refractivity contribution in [3.05, 3.63) is 48.0 Å². The Hall–Kier alpha value is -3.29. The molecule has 12 nitrogen and oxygen atoms in total. The van der Waals surface area contributed by atoms with Crippen LogP contribution in [0.5, 0.6) is 0 Å². The fourth-order valence-corrected chi connectivity index (χ4v) is 5.30. The zero-order valence-corrected chi connectivity index (χ0v) is 23.5. The largest absolute Gasteiger partial charge is 0.444 e. The molecule has 1 aromatic carbocycles. The minimum absolute atomic E-state index is 0.0660. The molecule has 1 unspecified atom stereocenters. The first-order chi connectivity index (χ1) is 18.3. The lowest BCUT2D eigenvalue weighted by Gasteiger charge is -2.31. The van der Waals surface area contributed by atoms with E-state index < -0.39 is 52.2 Å². The summed E-state index contributed by atoms with van der Waals surface area (Å²) in [6, 6.07) is 4.42. The quantitative estimate of drug-likeness (QED) is 0.409. The van der Waals surface area contributed by atoms with Crippen molar-refractivity contribution in [1.82, 2.24) is 24.5 Å². The van der Waals surface area contributed by atoms with E-state index in [9.17, 15) is 27.9 Å². The van der Waals surface area contributed by atoms with Crippen molar-refractivity contribution in [3.63, 3.8) is 0 Å². The molecule has 0 bridgehead atoms. The summed E-state index contributed by atoms with van der Waals surface area (Å²) in [5.74, 6) is -1.26. The van der Waals surface area contributed by atoms with E-state index in [1.807, 2.05) is 6.92 Å². The second kappa shape index (κ2) is 12.7. The van der Waals surface area contributed by atoms with E-state index in [1.54, 1.807) is 32.9 Å². The van der Waals surface area contributed by atoms with Crippen LogP contribution in [0.2, 0.25) is 0 Å². The molecule has 39 heavy (non-hydrogen) atoms. The van der Waals surface area contributed by atoms with Gasteiger partial charge in [-0.15, -0.1) is 0 Å². The van der Waals surface area contributed by atoms with Gasteiger partial charge in [-0.1, -0.05) is 24.1 Å². The molecule has 1 aliphatic heterocycles. The summed E-state index contributed by atoms with van der Waals surface area (Å²) in [6.07, 6.45) is 3.53. The number of benzene rings is 1. The maximum absolute atomic E-state index is 13.6. The highest BCUT2D eigenvalue weighted by atomic mass is 32.2. The number of ether oxygens (including phenoxy) is 1. The van der Waals surface area contributed by atoms with Crippen molar-refractivity contribution in [1.29, 1.82) is 0 Å². The molecule has 1 aliphatic rings. The van der Waals surface area contributed by atoms with Crippen LogP contribution in [0.1, 0.15) is 51.3 Å². The van der Waals surface area contributed by atoms with Crippen molar-refractivity contribution >= 4 is 27.9 Å². The van der Waals surface area contributed by atoms with Crippen LogP contribution in [0.3, 0.4) is 0 Å². The lowest BCUT2D eigenvalue weighted by atomic mass is 10.0. The summed E-state index contributed by atoms with van der Waals surface area (Å²) in [6.45, 7) is 6.73. The molecule has 1 saturated heterocycles. The SMILES string of the molecule is Cc1ccc(S(=O)(=O)n2cnc(C[C@H](NC(=O)OC(C)(C)C)C(=O)N(CCO)C(=O)C3CCCCN3)c2)cc1. The average molecular weight is 564 g/mol. The van der Waals surface area contributed by atoms with Crippen LogP contribution in [-0.2, 0) is 30.8 Å². The van der Waals surface area contributed by atoms with Gasteiger partial charge in [-0.25, -0.2) is 22.2 Å². The molecule has 3 rings (SSSR count). The monoisotopic (exact) mass is 563 g/mol. The van der Waals surface area contributed by atoms with Gasteiger partial charge in [0.05, 0.1) is 29.8 Å². The molecule has 3 amide bonds. The minimum Gasteiger partial charge on any atom is -0.444 e. The molecular formula is C26H37N5O7S. The molecule has 3 N–H and O–H groups in total. The van der Waals surface area contributed by atoms with E-state index in [-0.39, 0.29) is 23.6 Å². The predicted molar refractivity (Wildman–Crippen MR) is 142 cm³/mol. The first-order valence-corrected chi connectivity index (χ1v) is 14.3. The number of nitrogens with zero attached hydrogens (tertiary/aromatic N) is 3. The van der Waals surface area contributed by atoms with Crippen molar-refractivity contribution in [2.24, 2.45) is 0 Å². The minimum atomic E-state index is -3.94. The summed E-state index contributed by atoms with van der Waals surface area (Å²) in [4.78, 5) is 44.6. The molecule has 0 saturated carbocycles. The third kappa shape index (κ3) is 8.10. The Bertz CT molecular complexity index is 1260. The number of aromatic nitrogens is 2. The number of carbonyl (C=O) groups is 3. The van der Waals surface area contributed by atoms with Crippen LogP contribution < -0.4 is 10.6 Å². The van der Waals surface area contributed by atoms with Crippen molar-refractivity contribution in [2.75, 3.05) is 19.7 Å². The van der Waals surface area contributed by atoms with Gasteiger partial charge in [-0.3, -0.25) is 14.5 Å². The third-order valence-electron chi connectivity index (χ3n) is 6.08. The summed E-state index contributed by atoms with van der Waals surface area (Å²) in [5.41, 5.74) is 0.237. The zero-order valence-electron chi connectivity index (χ0n) is 22.7. The van der Waals surface area contributed by atoms with E-state index in [2.05, 4.69) is 15.6 Å². The molecule has 2 heterocycles. The molecule has 0 radical (unpaired) electrons. The Morgan fingerprint density at radius 3 is 2.51 bits per heavy atom. The first kappa shape index (κ1) is 30.3. The second-order valence-corrected chi connectivity index (χ2v) is 12.3. The molecule has 1 fully saturated rings. The summed E-state index contributed by atoms with van der Waals surface area (Å²) >= 11 is 0. The maximum Gasteiger partial charge on any atom is 0.408 e. The van der Waals surface area contributed by atoms with Crippen molar-refractivity contribution in [3.8, 4) is 0 Å². The van der Waals surface area contributed by atoms with Crippen LogP contribution in [0.25, 0.3) is 0 Å². The van der Waals surface area contributed by atoms with E-state index in [4.69, 9.17) is 4.74 Å². The summed E-state index contributed by atoms with van der Waals surface area (Å²) < 4.78 is 32.3. The lowest BCUT2D eigenvalue weighted by Crippen LogP contribution is -2.57. The zero-order chi connectivity index (χ0) is 28.8. The average Bonchev–Trinajstić information content (AvgIpc) is 3.35. The molecule has 13 heteroatoms. The highest BCUT2D eigenvalue weighted by molar-refractivity contribution is 7.90. The number of aliphatic hydroxyl groups excluding tert-OH is 1. The van der Waals surface area contributed by atoms with Crippen molar-refractivity contribution in [2.45, 2.75) is 76.0 Å². The number of aliphatic hydroxyl groups is 1. The van der Waals surface area contributed by atoms with Crippen LogP contribution in [0.15, 0.2) is 41.7 Å². The highest BCUT2D eigenvalue weighted by Gasteiger charge is 2.35. The van der Waals surface area contributed by atoms with Crippen LogP contribution in [0.4, 0.5) is 4.79 Å². The Kier molecular flexibility index (Phi) is 9.86. The number of aryl methyl sites for hydroxylation is 1. The second-order valence-electron chi connectivity index (χ2n) is 10.5. The number of imidazole rings is 1. The van der Waals surface area contributed by atoms with Gasteiger partial charge in [0, 0.05) is 12.6 Å². The van der Waals surface area contributed by atoms with Gasteiger partial charge >= 0.3 is 6.09 Å². The number of amides is 3. The fourth-order valence-electron chi connectivity index (χ4n) is 4.14. The molecule has 1 aromatic heterocycles. The van der Waals surface area contributed by atoms with Gasteiger partial charge in [0.15, 0.2) is 0 Å². The number of rotatable bonds is 9. The Morgan fingerprint density at radius 1 is 1.23 bits per heavy atom. The Labute approximate surface area is 228 Å². The van der Waals surface area contributed by atoms with Gasteiger partial charge in [0.2, 0.25) is 5.91 Å². The Morgan fingerprint density at radius 2 is 1.92 bits per heavy atom. The summed E-state index contributed by atoms with van der Waals surface area (Å²) in [7, 11) is -3.94. The normalized spacial score (nSPS) is 16.8. The van der Waals surface area contributed by atoms with Crippen molar-refractivity contribution < 1.29 is 32.6 Å². The Balaban J connectivity index is 1.88. The van der Waals surface area contributed by atoms with Gasteiger partial charge in [-0.2, -0.15) is 0 Å². The van der Waals surface area contributed by atoms with Gasteiger partial charge in [0.25, 0.3) is 15.9 Å². The molecule has 0 aliphatic carbocycles. The van der Waals surface area contributed by atoms with E-state index >= 15 is 0 Å². The molecule has 2 aromatic rings. The smallest absolute Gasteiger partial charge is 0.408 e. The fraction of sp³-hybridized carbons (Fsp3) is 0.538. The molecular weight excluding hydrogens is 526 g/mol. The van der Waals surface area contributed by atoms with Gasteiger partial charge < -0.3 is 20.5 Å².